The average molecular weight is 255 g/mol. The molecule has 2 heterocycles. The molecule has 18 heavy (non-hydrogen) atoms. The molecule has 0 radical (unpaired) electrons. The molecule has 0 saturated carbocycles. The fraction of sp³-hybridized carbons (Fsp3) is 0.154. The molecular weight excluding hydrogens is 246 g/mol. The first kappa shape index (κ1) is 12.1. The van der Waals surface area contributed by atoms with E-state index in [1.807, 2.05) is 29.7 Å². The Bertz CT molecular complexity index is 687. The molecule has 0 saturated heterocycles. The minimum atomic E-state index is -0.335. The molecule has 4 nitrogen and oxygen atoms in total. The molecule has 0 aliphatic rings. The van der Waals surface area contributed by atoms with Gasteiger partial charge in [-0.3, -0.25) is 4.79 Å². The molecule has 2 aromatic rings. The van der Waals surface area contributed by atoms with E-state index < -0.39 is 0 Å². The second-order valence-electron chi connectivity index (χ2n) is 3.59. The highest BCUT2D eigenvalue weighted by atomic mass is 32.1. The van der Waals surface area contributed by atoms with Crippen molar-refractivity contribution in [2.24, 2.45) is 0 Å². The summed E-state index contributed by atoms with van der Waals surface area (Å²) in [5, 5.41) is 19.4. The molecule has 0 N–H and O–H groups in total. The van der Waals surface area contributed by atoms with Gasteiger partial charge in [0.2, 0.25) is 0 Å². The van der Waals surface area contributed by atoms with Gasteiger partial charge in [0.05, 0.1) is 23.1 Å². The van der Waals surface area contributed by atoms with Crippen molar-refractivity contribution in [3.63, 3.8) is 0 Å². The Morgan fingerprint density at radius 1 is 1.28 bits per heavy atom. The van der Waals surface area contributed by atoms with Crippen LogP contribution in [0.2, 0.25) is 0 Å². The largest absolute Gasteiger partial charge is 0.305 e. The Morgan fingerprint density at radius 3 is 2.72 bits per heavy atom. The number of rotatable bonds is 3. The minimum absolute atomic E-state index is 0.105. The number of hydrogen-bond donors (Lipinski definition) is 0. The third kappa shape index (κ3) is 2.17. The zero-order chi connectivity index (χ0) is 13.0. The van der Waals surface area contributed by atoms with Crippen LogP contribution in [0.25, 0.3) is 10.6 Å². The molecule has 88 valence electrons. The van der Waals surface area contributed by atoms with Crippen LogP contribution in [0, 0.1) is 22.7 Å². The molecule has 0 bridgehead atoms. The molecule has 2 rings (SSSR count). The van der Waals surface area contributed by atoms with Gasteiger partial charge in [-0.05, 0) is 23.6 Å². The second-order valence-corrected chi connectivity index (χ2v) is 4.53. The van der Waals surface area contributed by atoms with E-state index in [-0.39, 0.29) is 17.5 Å². The Balaban J connectivity index is 2.61. The third-order valence-corrected chi connectivity index (χ3v) is 3.41. The molecule has 2 aromatic heterocycles. The number of pyridine rings is 1. The zero-order valence-electron chi connectivity index (χ0n) is 9.46. The molecule has 0 unspecified atom stereocenters. The van der Waals surface area contributed by atoms with Crippen LogP contribution < -0.4 is 5.56 Å². The van der Waals surface area contributed by atoms with E-state index in [1.165, 1.54) is 22.0 Å². The van der Waals surface area contributed by atoms with Crippen LogP contribution in [0.15, 0.2) is 34.4 Å². The maximum absolute atomic E-state index is 12.1. The smallest absolute Gasteiger partial charge is 0.268 e. The molecule has 5 heteroatoms. The molecule has 0 aliphatic heterocycles. The molecule has 0 atom stereocenters. The van der Waals surface area contributed by atoms with E-state index in [4.69, 9.17) is 10.5 Å². The van der Waals surface area contributed by atoms with Crippen molar-refractivity contribution in [1.82, 2.24) is 4.57 Å². The molecule has 0 fully saturated rings. The Morgan fingerprint density at radius 2 is 2.11 bits per heavy atom. The zero-order valence-corrected chi connectivity index (χ0v) is 10.3. The van der Waals surface area contributed by atoms with Crippen molar-refractivity contribution in [3.05, 3.63) is 45.6 Å². The van der Waals surface area contributed by atoms with Crippen molar-refractivity contribution in [2.45, 2.75) is 13.0 Å². The number of hydrogen-bond acceptors (Lipinski definition) is 4. The normalized spacial score (nSPS) is 9.67. The third-order valence-electron chi connectivity index (χ3n) is 2.52. The maximum Gasteiger partial charge on any atom is 0.268 e. The SMILES string of the molecule is N#CCCn1c(-c2cccs2)ccc(C#N)c1=O. The predicted molar refractivity (Wildman–Crippen MR) is 69.0 cm³/mol. The standard InChI is InChI=1S/C13H9N3OS/c14-6-2-7-16-11(12-3-1-8-18-12)5-4-10(9-15)13(16)17/h1,3-5,8H,2,7H2. The molecule has 0 aromatic carbocycles. The number of aromatic nitrogens is 1. The lowest BCUT2D eigenvalue weighted by Crippen LogP contribution is -2.23. The van der Waals surface area contributed by atoms with E-state index in [9.17, 15) is 4.79 Å². The fourth-order valence-corrected chi connectivity index (χ4v) is 2.45. The first-order chi connectivity index (χ1) is 8.77. The molecule has 0 amide bonds. The summed E-state index contributed by atoms with van der Waals surface area (Å²) < 4.78 is 1.49. The number of nitrogens with zero attached hydrogens (tertiary/aromatic N) is 3. The fourth-order valence-electron chi connectivity index (χ4n) is 1.69. The van der Waals surface area contributed by atoms with E-state index in [2.05, 4.69) is 0 Å². The summed E-state index contributed by atoms with van der Waals surface area (Å²) in [6, 6.07) is 11.0. The summed E-state index contributed by atoms with van der Waals surface area (Å²) >= 11 is 1.52. The van der Waals surface area contributed by atoms with E-state index in [1.54, 1.807) is 6.07 Å². The summed E-state index contributed by atoms with van der Waals surface area (Å²) in [7, 11) is 0. The van der Waals surface area contributed by atoms with Gasteiger partial charge >= 0.3 is 0 Å². The predicted octanol–water partition coefficient (Wildman–Crippen LogP) is 2.36. The van der Waals surface area contributed by atoms with Gasteiger partial charge < -0.3 is 4.57 Å². The lowest BCUT2D eigenvalue weighted by molar-refractivity contribution is 0.693. The van der Waals surface area contributed by atoms with Crippen LogP contribution in [-0.2, 0) is 6.54 Å². The Kier molecular flexibility index (Phi) is 3.57. The van der Waals surface area contributed by atoms with Gasteiger partial charge in [0, 0.05) is 6.54 Å². The highest BCUT2D eigenvalue weighted by Crippen LogP contribution is 2.23. The van der Waals surface area contributed by atoms with E-state index in [0.717, 1.165) is 10.6 Å². The van der Waals surface area contributed by atoms with Gasteiger partial charge in [0.1, 0.15) is 11.6 Å². The van der Waals surface area contributed by atoms with Gasteiger partial charge in [-0.25, -0.2) is 0 Å². The van der Waals surface area contributed by atoms with Crippen molar-refractivity contribution in [3.8, 4) is 22.7 Å². The summed E-state index contributed by atoms with van der Waals surface area (Å²) in [4.78, 5) is 13.0. The van der Waals surface area contributed by atoms with Crippen molar-refractivity contribution >= 4 is 11.3 Å². The van der Waals surface area contributed by atoms with Crippen molar-refractivity contribution < 1.29 is 0 Å². The monoisotopic (exact) mass is 255 g/mol. The first-order valence-electron chi connectivity index (χ1n) is 5.32. The quantitative estimate of drug-likeness (QED) is 0.845. The lowest BCUT2D eigenvalue weighted by Gasteiger charge is -2.10. The van der Waals surface area contributed by atoms with Gasteiger partial charge in [-0.15, -0.1) is 11.3 Å². The number of thiophene rings is 1. The molecular formula is C13H9N3OS. The van der Waals surface area contributed by atoms with Crippen LogP contribution in [-0.4, -0.2) is 4.57 Å². The van der Waals surface area contributed by atoms with Gasteiger partial charge in [0.15, 0.2) is 0 Å². The van der Waals surface area contributed by atoms with Crippen LogP contribution in [0.4, 0.5) is 0 Å². The van der Waals surface area contributed by atoms with Crippen molar-refractivity contribution in [1.29, 1.82) is 10.5 Å². The van der Waals surface area contributed by atoms with Crippen LogP contribution in [0.1, 0.15) is 12.0 Å². The minimum Gasteiger partial charge on any atom is -0.305 e. The summed E-state index contributed by atoms with van der Waals surface area (Å²) in [6.45, 7) is 0.304. The Hall–Kier alpha value is -2.37. The molecule has 0 aliphatic carbocycles. The summed E-state index contributed by atoms with van der Waals surface area (Å²) in [6.07, 6.45) is 0.243. The molecule has 0 spiro atoms. The Labute approximate surface area is 108 Å². The topological polar surface area (TPSA) is 69.6 Å². The maximum atomic E-state index is 12.1. The lowest BCUT2D eigenvalue weighted by atomic mass is 10.2. The second kappa shape index (κ2) is 5.31. The number of nitriles is 2. The van der Waals surface area contributed by atoms with Gasteiger partial charge in [0.25, 0.3) is 5.56 Å². The highest BCUT2D eigenvalue weighted by Gasteiger charge is 2.10. The average Bonchev–Trinajstić information content (AvgIpc) is 2.90. The van der Waals surface area contributed by atoms with Crippen LogP contribution in [0.5, 0.6) is 0 Å². The van der Waals surface area contributed by atoms with Crippen LogP contribution in [0.3, 0.4) is 0 Å². The van der Waals surface area contributed by atoms with E-state index in [0.29, 0.717) is 6.54 Å². The first-order valence-corrected chi connectivity index (χ1v) is 6.20. The highest BCUT2D eigenvalue weighted by molar-refractivity contribution is 7.13. The van der Waals surface area contributed by atoms with E-state index >= 15 is 0 Å². The van der Waals surface area contributed by atoms with Crippen LogP contribution >= 0.6 is 11.3 Å². The summed E-state index contributed by atoms with van der Waals surface area (Å²) in [5.74, 6) is 0. The van der Waals surface area contributed by atoms with Gasteiger partial charge in [-0.2, -0.15) is 10.5 Å². The van der Waals surface area contributed by atoms with Gasteiger partial charge in [-0.1, -0.05) is 6.07 Å². The summed E-state index contributed by atoms with van der Waals surface area (Å²) in [5.41, 5.74) is 0.524. The van der Waals surface area contributed by atoms with Crippen molar-refractivity contribution in [2.75, 3.05) is 0 Å².